The molecule has 0 bridgehead atoms. The minimum Gasteiger partial charge on any atom is -0.463 e. The van der Waals surface area contributed by atoms with E-state index in [1.165, 1.54) is 0 Å². The van der Waals surface area contributed by atoms with E-state index in [4.69, 9.17) is 4.74 Å². The summed E-state index contributed by atoms with van der Waals surface area (Å²) in [6, 6.07) is 2.27. The van der Waals surface area contributed by atoms with Crippen molar-refractivity contribution in [2.75, 3.05) is 23.8 Å². The van der Waals surface area contributed by atoms with Crippen LogP contribution in [0.2, 0.25) is 0 Å². The Morgan fingerprint density at radius 3 is 2.52 bits per heavy atom. The molecule has 0 aliphatic carbocycles. The molecule has 0 atom stereocenters. The van der Waals surface area contributed by atoms with E-state index in [-0.39, 0.29) is 0 Å². The van der Waals surface area contributed by atoms with Gasteiger partial charge in [-0.2, -0.15) is 20.1 Å². The fourth-order valence-electron chi connectivity index (χ4n) is 1.67. The molecule has 0 saturated heterocycles. The minimum atomic E-state index is 0.329. The van der Waals surface area contributed by atoms with E-state index < -0.39 is 0 Å². The Bertz CT molecular complexity index is 569. The van der Waals surface area contributed by atoms with Gasteiger partial charge in [0.05, 0.1) is 18.8 Å². The third-order valence-corrected chi connectivity index (χ3v) is 2.74. The molecule has 8 heteroatoms. The van der Waals surface area contributed by atoms with Crippen LogP contribution in [0.25, 0.3) is 0 Å². The molecule has 21 heavy (non-hydrogen) atoms. The van der Waals surface area contributed by atoms with Crippen LogP contribution in [0.1, 0.15) is 26.0 Å². The van der Waals surface area contributed by atoms with Crippen molar-refractivity contribution in [3.05, 3.63) is 18.0 Å². The van der Waals surface area contributed by atoms with Gasteiger partial charge in [-0.3, -0.25) is 4.68 Å². The van der Waals surface area contributed by atoms with Crippen molar-refractivity contribution in [2.45, 2.75) is 26.8 Å². The van der Waals surface area contributed by atoms with E-state index in [0.29, 0.717) is 31.1 Å². The number of ether oxygens (including phenoxy) is 1. The molecule has 2 aromatic heterocycles. The van der Waals surface area contributed by atoms with E-state index >= 15 is 0 Å². The van der Waals surface area contributed by atoms with E-state index in [2.05, 4.69) is 30.7 Å². The average molecular weight is 291 g/mol. The standard InChI is InChI=1S/C13H21N7O/c1-4-8-21-13-18-11(14-5-2)17-12(19-13)15-9-10-6-7-16-20(10)3/h6-7H,4-5,8-9H2,1-3H3,(H2,14,15,17,18,19). The van der Waals surface area contributed by atoms with Gasteiger partial charge in [0.15, 0.2) is 0 Å². The van der Waals surface area contributed by atoms with Crippen LogP contribution < -0.4 is 15.4 Å². The van der Waals surface area contributed by atoms with Gasteiger partial charge in [0.2, 0.25) is 11.9 Å². The van der Waals surface area contributed by atoms with Crippen LogP contribution in [-0.2, 0) is 13.6 Å². The van der Waals surface area contributed by atoms with Gasteiger partial charge < -0.3 is 15.4 Å². The second-order valence-electron chi connectivity index (χ2n) is 4.44. The average Bonchev–Trinajstić information content (AvgIpc) is 2.88. The van der Waals surface area contributed by atoms with Crippen LogP contribution in [0, 0.1) is 0 Å². The van der Waals surface area contributed by atoms with Gasteiger partial charge in [0.1, 0.15) is 0 Å². The summed E-state index contributed by atoms with van der Waals surface area (Å²) >= 11 is 0. The maximum Gasteiger partial charge on any atom is 0.323 e. The van der Waals surface area contributed by atoms with Crippen molar-refractivity contribution in [3.63, 3.8) is 0 Å². The molecular formula is C13H21N7O. The van der Waals surface area contributed by atoms with Gasteiger partial charge in [-0.1, -0.05) is 6.92 Å². The normalized spacial score (nSPS) is 10.4. The van der Waals surface area contributed by atoms with Crippen LogP contribution >= 0.6 is 0 Å². The molecule has 2 aromatic rings. The van der Waals surface area contributed by atoms with Gasteiger partial charge in [0.25, 0.3) is 0 Å². The molecule has 0 aromatic carbocycles. The van der Waals surface area contributed by atoms with Crippen LogP contribution in [0.5, 0.6) is 6.01 Å². The van der Waals surface area contributed by atoms with Gasteiger partial charge in [0, 0.05) is 19.8 Å². The van der Waals surface area contributed by atoms with E-state index in [1.807, 2.05) is 27.0 Å². The maximum absolute atomic E-state index is 5.48. The second-order valence-corrected chi connectivity index (χ2v) is 4.44. The molecule has 0 fully saturated rings. The third kappa shape index (κ3) is 4.30. The topological polar surface area (TPSA) is 89.8 Å². The summed E-state index contributed by atoms with van der Waals surface area (Å²) < 4.78 is 7.28. The van der Waals surface area contributed by atoms with Crippen molar-refractivity contribution < 1.29 is 4.74 Å². The van der Waals surface area contributed by atoms with Crippen molar-refractivity contribution >= 4 is 11.9 Å². The molecule has 8 nitrogen and oxygen atoms in total. The number of rotatable bonds is 8. The lowest BCUT2D eigenvalue weighted by Crippen LogP contribution is -2.12. The minimum absolute atomic E-state index is 0.329. The summed E-state index contributed by atoms with van der Waals surface area (Å²) in [7, 11) is 1.89. The first kappa shape index (κ1) is 15.0. The zero-order chi connectivity index (χ0) is 15.1. The Hall–Kier alpha value is -2.38. The van der Waals surface area contributed by atoms with Crippen LogP contribution in [0.4, 0.5) is 11.9 Å². The fraction of sp³-hybridized carbons (Fsp3) is 0.538. The summed E-state index contributed by atoms with van der Waals surface area (Å²) in [5.41, 5.74) is 1.04. The quantitative estimate of drug-likeness (QED) is 0.760. The lowest BCUT2D eigenvalue weighted by atomic mass is 10.4. The van der Waals surface area contributed by atoms with Gasteiger partial charge >= 0.3 is 6.01 Å². The van der Waals surface area contributed by atoms with Crippen molar-refractivity contribution in [1.29, 1.82) is 0 Å². The molecule has 0 amide bonds. The SMILES string of the molecule is CCCOc1nc(NCC)nc(NCc2ccnn2C)n1. The Morgan fingerprint density at radius 2 is 1.90 bits per heavy atom. The van der Waals surface area contributed by atoms with Crippen LogP contribution in [0.3, 0.4) is 0 Å². The first-order valence-corrected chi connectivity index (χ1v) is 7.06. The maximum atomic E-state index is 5.48. The lowest BCUT2D eigenvalue weighted by molar-refractivity contribution is 0.292. The Morgan fingerprint density at radius 1 is 1.14 bits per heavy atom. The summed E-state index contributed by atoms with van der Waals surface area (Å²) in [6.07, 6.45) is 2.66. The number of hydrogen-bond donors (Lipinski definition) is 2. The van der Waals surface area contributed by atoms with Gasteiger partial charge in [-0.15, -0.1) is 0 Å². The lowest BCUT2D eigenvalue weighted by Gasteiger charge is -2.09. The molecular weight excluding hydrogens is 270 g/mol. The number of aromatic nitrogens is 5. The summed E-state index contributed by atoms with van der Waals surface area (Å²) in [5.74, 6) is 0.986. The van der Waals surface area contributed by atoms with E-state index in [0.717, 1.165) is 18.7 Å². The third-order valence-electron chi connectivity index (χ3n) is 2.74. The highest BCUT2D eigenvalue weighted by Crippen LogP contribution is 2.12. The molecule has 0 spiro atoms. The summed E-state index contributed by atoms with van der Waals surface area (Å²) in [5, 5.41) is 10.4. The molecule has 2 rings (SSSR count). The molecule has 0 radical (unpaired) electrons. The van der Waals surface area contributed by atoms with Gasteiger partial charge in [-0.05, 0) is 19.4 Å². The largest absolute Gasteiger partial charge is 0.463 e. The Kier molecular flexibility index (Phi) is 5.30. The zero-order valence-electron chi connectivity index (χ0n) is 12.6. The highest BCUT2D eigenvalue weighted by molar-refractivity contribution is 5.36. The molecule has 114 valence electrons. The molecule has 0 aliphatic rings. The number of nitrogens with zero attached hydrogens (tertiary/aromatic N) is 5. The number of nitrogens with one attached hydrogen (secondary N) is 2. The predicted octanol–water partition coefficient (Wildman–Crippen LogP) is 1.44. The first-order valence-electron chi connectivity index (χ1n) is 7.06. The van der Waals surface area contributed by atoms with Gasteiger partial charge in [-0.25, -0.2) is 0 Å². The Labute approximate surface area is 124 Å². The van der Waals surface area contributed by atoms with E-state index in [9.17, 15) is 0 Å². The molecule has 2 heterocycles. The van der Waals surface area contributed by atoms with Crippen LogP contribution in [-0.4, -0.2) is 37.9 Å². The smallest absolute Gasteiger partial charge is 0.323 e. The molecule has 0 unspecified atom stereocenters. The zero-order valence-corrected chi connectivity index (χ0v) is 12.6. The highest BCUT2D eigenvalue weighted by Gasteiger charge is 2.07. The number of hydrogen-bond acceptors (Lipinski definition) is 7. The summed E-state index contributed by atoms with van der Waals surface area (Å²) in [6.45, 7) is 5.92. The number of aryl methyl sites for hydroxylation is 1. The molecule has 0 aliphatic heterocycles. The fourth-order valence-corrected chi connectivity index (χ4v) is 1.67. The second kappa shape index (κ2) is 7.41. The monoisotopic (exact) mass is 291 g/mol. The van der Waals surface area contributed by atoms with E-state index in [1.54, 1.807) is 10.9 Å². The van der Waals surface area contributed by atoms with Crippen molar-refractivity contribution in [3.8, 4) is 6.01 Å². The first-order chi connectivity index (χ1) is 10.2. The van der Waals surface area contributed by atoms with Crippen LogP contribution in [0.15, 0.2) is 12.3 Å². The van der Waals surface area contributed by atoms with Crippen molar-refractivity contribution in [1.82, 2.24) is 24.7 Å². The predicted molar refractivity (Wildman–Crippen MR) is 80.3 cm³/mol. The van der Waals surface area contributed by atoms with Crippen molar-refractivity contribution in [2.24, 2.45) is 7.05 Å². The molecule has 2 N–H and O–H groups in total. The summed E-state index contributed by atoms with van der Waals surface area (Å²) in [4.78, 5) is 12.8. The highest BCUT2D eigenvalue weighted by atomic mass is 16.5. The molecule has 0 saturated carbocycles. The Balaban J connectivity index is 2.09. The number of anilines is 2.